The van der Waals surface area contributed by atoms with Gasteiger partial charge in [-0.05, 0) is 47.1 Å². The van der Waals surface area contributed by atoms with Crippen molar-refractivity contribution < 1.29 is 4.74 Å². The molecule has 0 unspecified atom stereocenters. The van der Waals surface area contributed by atoms with Crippen LogP contribution in [-0.2, 0) is 0 Å². The summed E-state index contributed by atoms with van der Waals surface area (Å²) in [7, 11) is 1.78. The highest BCUT2D eigenvalue weighted by Crippen LogP contribution is 2.36. The van der Waals surface area contributed by atoms with E-state index in [9.17, 15) is 0 Å². The molecule has 0 spiro atoms. The molecule has 3 aromatic rings. The van der Waals surface area contributed by atoms with Gasteiger partial charge in [0.15, 0.2) is 0 Å². The summed E-state index contributed by atoms with van der Waals surface area (Å²) in [5, 5.41) is 4.49. The molecule has 0 radical (unpaired) electrons. The molecule has 0 atom stereocenters. The van der Waals surface area contributed by atoms with Crippen LogP contribution in [0.1, 0.15) is 4.88 Å². The fourth-order valence-electron chi connectivity index (χ4n) is 1.87. The van der Waals surface area contributed by atoms with E-state index in [1.165, 1.54) is 0 Å². The zero-order chi connectivity index (χ0) is 15.0. The lowest BCUT2D eigenvalue weighted by Gasteiger charge is -2.09. The van der Waals surface area contributed by atoms with Crippen LogP contribution in [0.25, 0.3) is 10.2 Å². The molecular formula is C14H11BrClN3OS. The molecule has 0 aliphatic rings. The molecule has 0 saturated carbocycles. The standard InChI is InChI=1S/C14H11BrClN3OS/c1-7-5-9-12(18-14(17-2)19-13(9)21-7)20-11-4-3-8(16)6-10(11)15/h3-6H,1-2H3,(H,17,18,19). The van der Waals surface area contributed by atoms with Crippen LogP contribution in [0.3, 0.4) is 0 Å². The third-order valence-corrected chi connectivity index (χ3v) is 4.60. The summed E-state index contributed by atoms with van der Waals surface area (Å²) >= 11 is 11.0. The lowest BCUT2D eigenvalue weighted by molar-refractivity contribution is 0.466. The first-order chi connectivity index (χ1) is 10.1. The molecule has 0 fully saturated rings. The molecular weight excluding hydrogens is 374 g/mol. The summed E-state index contributed by atoms with van der Waals surface area (Å²) in [6.07, 6.45) is 0. The van der Waals surface area contributed by atoms with E-state index in [1.807, 2.05) is 13.0 Å². The number of nitrogens with zero attached hydrogens (tertiary/aromatic N) is 2. The normalized spacial score (nSPS) is 10.9. The molecule has 0 aliphatic heterocycles. The number of aromatic nitrogens is 2. The van der Waals surface area contributed by atoms with Crippen LogP contribution in [-0.4, -0.2) is 17.0 Å². The van der Waals surface area contributed by atoms with Gasteiger partial charge in [-0.1, -0.05) is 11.6 Å². The summed E-state index contributed by atoms with van der Waals surface area (Å²) in [5.74, 6) is 1.71. The van der Waals surface area contributed by atoms with Crippen LogP contribution >= 0.6 is 38.9 Å². The fraction of sp³-hybridized carbons (Fsp3) is 0.143. The first kappa shape index (κ1) is 14.6. The topological polar surface area (TPSA) is 47.0 Å². The third-order valence-electron chi connectivity index (χ3n) is 2.81. The zero-order valence-corrected chi connectivity index (χ0v) is 14.4. The second-order valence-electron chi connectivity index (χ2n) is 4.36. The van der Waals surface area contributed by atoms with Crippen LogP contribution in [0.2, 0.25) is 5.02 Å². The van der Waals surface area contributed by atoms with E-state index in [4.69, 9.17) is 16.3 Å². The van der Waals surface area contributed by atoms with Crippen LogP contribution in [0.4, 0.5) is 5.95 Å². The maximum atomic E-state index is 5.95. The van der Waals surface area contributed by atoms with Gasteiger partial charge < -0.3 is 10.1 Å². The number of hydrogen-bond donors (Lipinski definition) is 1. The molecule has 0 saturated heterocycles. The molecule has 7 heteroatoms. The minimum absolute atomic E-state index is 0.525. The molecule has 21 heavy (non-hydrogen) atoms. The minimum Gasteiger partial charge on any atom is -0.437 e. The minimum atomic E-state index is 0.525. The van der Waals surface area contributed by atoms with Crippen molar-refractivity contribution >= 4 is 55.0 Å². The number of hydrogen-bond acceptors (Lipinski definition) is 5. The average molecular weight is 385 g/mol. The van der Waals surface area contributed by atoms with Gasteiger partial charge in [0.2, 0.25) is 11.8 Å². The third kappa shape index (κ3) is 2.97. The zero-order valence-electron chi connectivity index (χ0n) is 11.3. The van der Waals surface area contributed by atoms with E-state index in [0.717, 1.165) is 19.6 Å². The number of fused-ring (bicyclic) bond motifs is 1. The lowest BCUT2D eigenvalue weighted by atomic mass is 10.3. The maximum absolute atomic E-state index is 5.95. The Morgan fingerprint density at radius 3 is 2.81 bits per heavy atom. The van der Waals surface area contributed by atoms with Crippen molar-refractivity contribution in [2.45, 2.75) is 6.92 Å². The number of nitrogens with one attached hydrogen (secondary N) is 1. The Balaban J connectivity index is 2.10. The summed E-state index contributed by atoms with van der Waals surface area (Å²) < 4.78 is 6.72. The van der Waals surface area contributed by atoms with Gasteiger partial charge in [0.1, 0.15) is 10.6 Å². The van der Waals surface area contributed by atoms with E-state index in [0.29, 0.717) is 22.6 Å². The van der Waals surface area contributed by atoms with E-state index < -0.39 is 0 Å². The van der Waals surface area contributed by atoms with Crippen molar-refractivity contribution in [3.8, 4) is 11.6 Å². The number of aryl methyl sites for hydroxylation is 1. The summed E-state index contributed by atoms with van der Waals surface area (Å²) in [5.41, 5.74) is 0. The first-order valence-corrected chi connectivity index (χ1v) is 8.14. The van der Waals surface area contributed by atoms with Crippen LogP contribution in [0.15, 0.2) is 28.7 Å². The number of thiophene rings is 1. The monoisotopic (exact) mass is 383 g/mol. The number of ether oxygens (including phenoxy) is 1. The van der Waals surface area contributed by atoms with Crippen LogP contribution < -0.4 is 10.1 Å². The molecule has 2 aromatic heterocycles. The van der Waals surface area contributed by atoms with E-state index in [-0.39, 0.29) is 0 Å². The predicted molar refractivity (Wildman–Crippen MR) is 90.9 cm³/mol. The van der Waals surface area contributed by atoms with Gasteiger partial charge in [-0.2, -0.15) is 4.98 Å². The number of rotatable bonds is 3. The van der Waals surface area contributed by atoms with E-state index in [1.54, 1.807) is 36.6 Å². The number of benzene rings is 1. The Hall–Kier alpha value is -1.37. The quantitative estimate of drug-likeness (QED) is 0.670. The predicted octanol–water partition coefficient (Wildman–Crippen LogP) is 5.25. The number of halogens is 2. The summed E-state index contributed by atoms with van der Waals surface area (Å²) in [6, 6.07) is 7.39. The van der Waals surface area contributed by atoms with Crippen molar-refractivity contribution in [2.75, 3.05) is 12.4 Å². The smallest absolute Gasteiger partial charge is 0.232 e. The fourth-order valence-corrected chi connectivity index (χ4v) is 3.50. The molecule has 4 nitrogen and oxygen atoms in total. The SMILES string of the molecule is CNc1nc(Oc2ccc(Cl)cc2Br)c2cc(C)sc2n1. The Labute approximate surface area is 139 Å². The van der Waals surface area contributed by atoms with Crippen molar-refractivity contribution in [3.05, 3.63) is 38.6 Å². The van der Waals surface area contributed by atoms with Crippen molar-refractivity contribution in [1.82, 2.24) is 9.97 Å². The van der Waals surface area contributed by atoms with Gasteiger partial charge in [-0.25, -0.2) is 4.98 Å². The van der Waals surface area contributed by atoms with E-state index >= 15 is 0 Å². The molecule has 0 bridgehead atoms. The Morgan fingerprint density at radius 2 is 2.10 bits per heavy atom. The van der Waals surface area contributed by atoms with Crippen molar-refractivity contribution in [3.63, 3.8) is 0 Å². The second-order valence-corrected chi connectivity index (χ2v) is 6.88. The lowest BCUT2D eigenvalue weighted by Crippen LogP contribution is -1.98. The molecule has 0 amide bonds. The Morgan fingerprint density at radius 1 is 1.29 bits per heavy atom. The molecule has 2 heterocycles. The maximum Gasteiger partial charge on any atom is 0.232 e. The highest BCUT2D eigenvalue weighted by molar-refractivity contribution is 9.10. The van der Waals surface area contributed by atoms with Gasteiger partial charge >= 0.3 is 0 Å². The van der Waals surface area contributed by atoms with Gasteiger partial charge in [0.25, 0.3) is 0 Å². The molecule has 1 N–H and O–H groups in total. The van der Waals surface area contributed by atoms with Crippen molar-refractivity contribution in [1.29, 1.82) is 0 Å². The molecule has 3 rings (SSSR count). The second kappa shape index (κ2) is 5.79. The van der Waals surface area contributed by atoms with E-state index in [2.05, 4.69) is 31.2 Å². The van der Waals surface area contributed by atoms with Crippen molar-refractivity contribution in [2.24, 2.45) is 0 Å². The first-order valence-electron chi connectivity index (χ1n) is 6.15. The Kier molecular flexibility index (Phi) is 4.01. The van der Waals surface area contributed by atoms with Crippen LogP contribution in [0, 0.1) is 6.92 Å². The number of anilines is 1. The highest BCUT2D eigenvalue weighted by Gasteiger charge is 2.13. The van der Waals surface area contributed by atoms with Gasteiger partial charge in [-0.15, -0.1) is 11.3 Å². The highest BCUT2D eigenvalue weighted by atomic mass is 79.9. The average Bonchev–Trinajstić information content (AvgIpc) is 2.82. The molecule has 1 aromatic carbocycles. The molecule has 108 valence electrons. The Bertz CT molecular complexity index is 821. The summed E-state index contributed by atoms with van der Waals surface area (Å²) in [6.45, 7) is 2.04. The van der Waals surface area contributed by atoms with Gasteiger partial charge in [0.05, 0.1) is 9.86 Å². The largest absolute Gasteiger partial charge is 0.437 e. The summed E-state index contributed by atoms with van der Waals surface area (Å²) in [4.78, 5) is 10.9. The van der Waals surface area contributed by atoms with Gasteiger partial charge in [0, 0.05) is 16.9 Å². The van der Waals surface area contributed by atoms with Gasteiger partial charge in [-0.3, -0.25) is 0 Å². The van der Waals surface area contributed by atoms with Crippen LogP contribution in [0.5, 0.6) is 11.6 Å². The molecule has 0 aliphatic carbocycles.